The van der Waals surface area contributed by atoms with Gasteiger partial charge in [-0.15, -0.1) is 0 Å². The molecule has 21 heavy (non-hydrogen) atoms. The summed E-state index contributed by atoms with van der Waals surface area (Å²) in [5, 5.41) is 0. The second kappa shape index (κ2) is 6.44. The van der Waals surface area contributed by atoms with Crippen LogP contribution in [0.3, 0.4) is 0 Å². The fraction of sp³-hybridized carbons (Fsp3) is 0.417. The lowest BCUT2D eigenvalue weighted by molar-refractivity contribution is -0.151. The van der Waals surface area contributed by atoms with Crippen LogP contribution >= 0.6 is 0 Å². The lowest BCUT2D eigenvalue weighted by atomic mass is 10.1. The van der Waals surface area contributed by atoms with Crippen LogP contribution in [0.15, 0.2) is 24.3 Å². The molecule has 1 unspecified atom stereocenters. The molecule has 0 aromatic heterocycles. The van der Waals surface area contributed by atoms with Crippen molar-refractivity contribution >= 4 is 16.1 Å². The first-order valence-corrected chi connectivity index (χ1v) is 7.58. The lowest BCUT2D eigenvalue weighted by Crippen LogP contribution is -2.22. The molecule has 0 aliphatic carbocycles. The molecular weight excluding hydrogens is 313 g/mol. The average molecular weight is 326 g/mol. The maximum absolute atomic E-state index is 12.5. The first-order chi connectivity index (χ1) is 9.54. The monoisotopic (exact) mass is 326 g/mol. The molecule has 0 saturated carbocycles. The summed E-state index contributed by atoms with van der Waals surface area (Å²) in [5.74, 6) is -0.998. The number of hydrogen-bond donors (Lipinski definition) is 0. The van der Waals surface area contributed by atoms with E-state index in [2.05, 4.69) is 8.92 Å². The topological polar surface area (TPSA) is 69.7 Å². The largest absolute Gasteiger partial charge is 0.464 e. The lowest BCUT2D eigenvalue weighted by Gasteiger charge is -2.16. The summed E-state index contributed by atoms with van der Waals surface area (Å²) >= 11 is 0. The third kappa shape index (κ3) is 5.35. The number of carbonyl (C=O) groups is 1. The highest BCUT2D eigenvalue weighted by Crippen LogP contribution is 2.31. The van der Waals surface area contributed by atoms with Gasteiger partial charge in [0.25, 0.3) is 10.1 Å². The number of halogens is 3. The van der Waals surface area contributed by atoms with E-state index in [0.29, 0.717) is 0 Å². The van der Waals surface area contributed by atoms with Gasteiger partial charge in [0.15, 0.2) is 6.10 Å². The molecule has 0 spiro atoms. The third-order valence-corrected chi connectivity index (χ3v) is 2.85. The summed E-state index contributed by atoms with van der Waals surface area (Å²) in [6.07, 6.45) is -5.44. The Labute approximate surface area is 119 Å². The van der Waals surface area contributed by atoms with Gasteiger partial charge in [-0.2, -0.15) is 21.6 Å². The molecule has 0 N–H and O–H groups in total. The van der Waals surface area contributed by atoms with Gasteiger partial charge in [-0.25, -0.2) is 4.79 Å². The number of rotatable bonds is 5. The summed E-state index contributed by atoms with van der Waals surface area (Å²) in [4.78, 5) is 11.7. The first kappa shape index (κ1) is 17.4. The molecule has 1 aromatic rings. The van der Waals surface area contributed by atoms with Gasteiger partial charge in [-0.1, -0.05) is 12.1 Å². The van der Waals surface area contributed by atoms with E-state index in [1.165, 1.54) is 6.92 Å². The van der Waals surface area contributed by atoms with Crippen molar-refractivity contribution in [1.82, 2.24) is 0 Å². The Kier molecular flexibility index (Phi) is 5.35. The second-order valence-electron chi connectivity index (χ2n) is 4.05. The van der Waals surface area contributed by atoms with Gasteiger partial charge >= 0.3 is 12.1 Å². The molecule has 0 bridgehead atoms. The quantitative estimate of drug-likeness (QED) is 0.613. The Balaban J connectivity index is 3.11. The molecule has 0 fully saturated rings. The first-order valence-electron chi connectivity index (χ1n) is 5.76. The Morgan fingerprint density at radius 3 is 2.14 bits per heavy atom. The summed E-state index contributed by atoms with van der Waals surface area (Å²) in [6, 6.07) is 3.39. The smallest absolute Gasteiger partial charge is 0.416 e. The second-order valence-corrected chi connectivity index (χ2v) is 5.65. The van der Waals surface area contributed by atoms with E-state index in [1.807, 2.05) is 0 Å². The summed E-state index contributed by atoms with van der Waals surface area (Å²) in [5.41, 5.74) is -0.972. The van der Waals surface area contributed by atoms with Gasteiger partial charge in [0.2, 0.25) is 0 Å². The van der Waals surface area contributed by atoms with E-state index in [-0.39, 0.29) is 12.2 Å². The summed E-state index contributed by atoms with van der Waals surface area (Å²) in [7, 11) is -4.00. The normalized spacial score (nSPS) is 13.8. The number of esters is 1. The highest BCUT2D eigenvalue weighted by molar-refractivity contribution is 7.86. The van der Waals surface area contributed by atoms with Crippen LogP contribution in [-0.2, 0) is 30.0 Å². The zero-order valence-corrected chi connectivity index (χ0v) is 12.0. The highest BCUT2D eigenvalue weighted by Gasteiger charge is 2.32. The van der Waals surface area contributed by atoms with Crippen LogP contribution in [0.1, 0.15) is 24.2 Å². The summed E-state index contributed by atoms with van der Waals surface area (Å²) in [6.45, 7) is 1.48. The van der Waals surface area contributed by atoms with Crippen molar-refractivity contribution < 1.29 is 35.3 Å². The molecule has 1 aromatic carbocycles. The van der Waals surface area contributed by atoms with Crippen molar-refractivity contribution in [1.29, 1.82) is 0 Å². The van der Waals surface area contributed by atoms with Crippen molar-refractivity contribution in [2.45, 2.75) is 19.2 Å². The maximum Gasteiger partial charge on any atom is 0.416 e. The van der Waals surface area contributed by atoms with Crippen molar-refractivity contribution in [2.24, 2.45) is 0 Å². The minimum atomic E-state index is -4.53. The van der Waals surface area contributed by atoms with Crippen molar-refractivity contribution in [3.8, 4) is 0 Å². The molecule has 1 atom stereocenters. The van der Waals surface area contributed by atoms with Gasteiger partial charge in [0.05, 0.1) is 18.4 Å². The molecule has 0 aliphatic heterocycles. The van der Waals surface area contributed by atoms with Gasteiger partial charge in [-0.3, -0.25) is 4.18 Å². The van der Waals surface area contributed by atoms with E-state index in [1.54, 1.807) is 0 Å². The van der Waals surface area contributed by atoms with Crippen LogP contribution in [0.25, 0.3) is 0 Å². The van der Waals surface area contributed by atoms with Crippen molar-refractivity contribution in [2.75, 3.05) is 12.9 Å². The SMILES string of the molecule is CCOC(=O)C(OS(C)(=O)=O)c1ccc(C(F)(F)F)cc1. The Hall–Kier alpha value is -1.61. The predicted octanol–water partition coefficient (Wildman–Crippen LogP) is 2.29. The molecule has 5 nitrogen and oxygen atoms in total. The summed E-state index contributed by atoms with van der Waals surface area (Å²) < 4.78 is 68.9. The number of hydrogen-bond acceptors (Lipinski definition) is 5. The van der Waals surface area contributed by atoms with Gasteiger partial charge < -0.3 is 4.74 Å². The zero-order chi connectivity index (χ0) is 16.3. The Bertz CT molecular complexity index is 592. The molecule has 0 saturated heterocycles. The van der Waals surface area contributed by atoms with E-state index >= 15 is 0 Å². The van der Waals surface area contributed by atoms with Crippen molar-refractivity contribution in [3.05, 3.63) is 35.4 Å². The molecule has 9 heteroatoms. The van der Waals surface area contributed by atoms with Crippen LogP contribution in [0.5, 0.6) is 0 Å². The zero-order valence-electron chi connectivity index (χ0n) is 11.2. The van der Waals surface area contributed by atoms with Gasteiger partial charge in [0.1, 0.15) is 0 Å². The van der Waals surface area contributed by atoms with Gasteiger partial charge in [0, 0.05) is 0 Å². The van der Waals surface area contributed by atoms with Crippen LogP contribution < -0.4 is 0 Å². The minimum absolute atomic E-state index is 0.0247. The molecule has 0 heterocycles. The van der Waals surface area contributed by atoms with Crippen molar-refractivity contribution in [3.63, 3.8) is 0 Å². The molecular formula is C12H13F3O5S. The number of alkyl halides is 3. The fourth-order valence-corrected chi connectivity index (χ4v) is 2.01. The van der Waals surface area contributed by atoms with Gasteiger partial charge in [-0.05, 0) is 24.6 Å². The van der Waals surface area contributed by atoms with E-state index < -0.39 is 33.9 Å². The standard InChI is InChI=1S/C12H13F3O5S/c1-3-19-11(16)10(20-21(2,17)18)8-4-6-9(7-5-8)12(13,14)15/h4-7,10H,3H2,1-2H3. The molecule has 0 radical (unpaired) electrons. The average Bonchev–Trinajstić information content (AvgIpc) is 2.34. The van der Waals surface area contributed by atoms with E-state index in [9.17, 15) is 26.4 Å². The van der Waals surface area contributed by atoms with Crippen LogP contribution in [0.4, 0.5) is 13.2 Å². The third-order valence-electron chi connectivity index (χ3n) is 2.31. The van der Waals surface area contributed by atoms with E-state index in [4.69, 9.17) is 0 Å². The molecule has 0 aliphatic rings. The molecule has 0 amide bonds. The number of carbonyl (C=O) groups excluding carboxylic acids is 1. The fourth-order valence-electron chi connectivity index (χ4n) is 1.47. The number of benzene rings is 1. The van der Waals surface area contributed by atoms with Crippen LogP contribution in [0.2, 0.25) is 0 Å². The Morgan fingerprint density at radius 1 is 1.24 bits per heavy atom. The van der Waals surface area contributed by atoms with E-state index in [0.717, 1.165) is 30.5 Å². The highest BCUT2D eigenvalue weighted by atomic mass is 32.2. The van der Waals surface area contributed by atoms with Crippen LogP contribution in [0, 0.1) is 0 Å². The molecule has 1 rings (SSSR count). The predicted molar refractivity (Wildman–Crippen MR) is 66.7 cm³/mol. The number of ether oxygens (including phenoxy) is 1. The minimum Gasteiger partial charge on any atom is -0.464 e. The van der Waals surface area contributed by atoms with Crippen LogP contribution in [-0.4, -0.2) is 27.2 Å². The molecule has 118 valence electrons. The Morgan fingerprint density at radius 2 is 1.76 bits per heavy atom. The maximum atomic E-state index is 12.5.